The number of amides is 1. The molecule has 1 aromatic rings. The third-order valence-corrected chi connectivity index (χ3v) is 3.93. The standard InChI is InChI=1S/C15H13F3N2O7/c1-15(2)13(22)6(14(23)19(3)27-15)11(21)5-7(16)8(17)12(26-4)9(18)10(5)20(24)25/h6H,1-4H3. The number of carbonyl (C=O) groups excluding carboxylic acids is 3. The third-order valence-electron chi connectivity index (χ3n) is 3.93. The molecule has 1 saturated heterocycles. The van der Waals surface area contributed by atoms with Crippen LogP contribution in [-0.2, 0) is 14.4 Å². The van der Waals surface area contributed by atoms with E-state index in [-0.39, 0.29) is 0 Å². The summed E-state index contributed by atoms with van der Waals surface area (Å²) in [5.74, 6) is -14.0. The lowest BCUT2D eigenvalue weighted by Crippen LogP contribution is -2.58. The second kappa shape index (κ2) is 6.61. The van der Waals surface area contributed by atoms with Crippen molar-refractivity contribution in [1.29, 1.82) is 0 Å². The first-order chi connectivity index (χ1) is 12.4. The predicted molar refractivity (Wildman–Crippen MR) is 80.3 cm³/mol. The second-order valence-electron chi connectivity index (χ2n) is 6.05. The number of hydrogen-bond donors (Lipinski definition) is 0. The van der Waals surface area contributed by atoms with Gasteiger partial charge in [0.25, 0.3) is 5.91 Å². The van der Waals surface area contributed by atoms with Crippen LogP contribution >= 0.6 is 0 Å². The zero-order valence-electron chi connectivity index (χ0n) is 14.5. The molecule has 146 valence electrons. The molecule has 0 N–H and O–H groups in total. The lowest BCUT2D eigenvalue weighted by atomic mass is 9.83. The molecule has 0 spiro atoms. The summed E-state index contributed by atoms with van der Waals surface area (Å²) in [5.41, 5.74) is -5.14. The van der Waals surface area contributed by atoms with Crippen molar-refractivity contribution >= 4 is 23.2 Å². The maximum atomic E-state index is 14.4. The average molecular weight is 390 g/mol. The molecule has 0 aliphatic carbocycles. The van der Waals surface area contributed by atoms with Crippen LogP contribution in [0.5, 0.6) is 5.75 Å². The lowest BCUT2D eigenvalue weighted by molar-refractivity contribution is -0.388. The van der Waals surface area contributed by atoms with Gasteiger partial charge in [-0.2, -0.15) is 8.78 Å². The number of methoxy groups -OCH3 is 1. The summed E-state index contributed by atoms with van der Waals surface area (Å²) < 4.78 is 46.9. The number of ketones is 2. The summed E-state index contributed by atoms with van der Waals surface area (Å²) in [5, 5.41) is 11.7. The maximum Gasteiger partial charge on any atom is 0.322 e. The molecule has 2 rings (SSSR count). The molecule has 0 radical (unpaired) electrons. The van der Waals surface area contributed by atoms with Crippen LogP contribution in [0.3, 0.4) is 0 Å². The van der Waals surface area contributed by atoms with Crippen molar-refractivity contribution in [3.63, 3.8) is 0 Å². The van der Waals surface area contributed by atoms with Gasteiger partial charge in [0.05, 0.1) is 12.0 Å². The third kappa shape index (κ3) is 3.01. The summed E-state index contributed by atoms with van der Waals surface area (Å²) in [4.78, 5) is 51.9. The highest BCUT2D eigenvalue weighted by atomic mass is 19.2. The number of nitro groups is 1. The number of hydrogen-bond acceptors (Lipinski definition) is 7. The molecule has 27 heavy (non-hydrogen) atoms. The molecule has 12 heteroatoms. The topological polar surface area (TPSA) is 116 Å². The van der Waals surface area contributed by atoms with E-state index in [0.29, 0.717) is 5.06 Å². The number of benzene rings is 1. The van der Waals surface area contributed by atoms with Crippen LogP contribution in [0.4, 0.5) is 18.9 Å². The molecule has 9 nitrogen and oxygen atoms in total. The maximum absolute atomic E-state index is 14.4. The monoisotopic (exact) mass is 390 g/mol. The van der Waals surface area contributed by atoms with Crippen LogP contribution in [0.25, 0.3) is 0 Å². The number of hydroxylamine groups is 2. The van der Waals surface area contributed by atoms with E-state index < -0.39 is 68.4 Å². The van der Waals surface area contributed by atoms with Gasteiger partial charge in [0.2, 0.25) is 17.4 Å². The minimum Gasteiger partial charge on any atom is -0.491 e. The molecular formula is C15H13F3N2O7. The summed E-state index contributed by atoms with van der Waals surface area (Å²) in [7, 11) is 1.78. The largest absolute Gasteiger partial charge is 0.491 e. The SMILES string of the molecule is COc1c(F)c(F)c(C(=O)C2C(=O)N(C)OC(C)(C)C2=O)c([N+](=O)[O-])c1F. The quantitative estimate of drug-likeness (QED) is 0.252. The first-order valence-corrected chi connectivity index (χ1v) is 7.30. The van der Waals surface area contributed by atoms with E-state index >= 15 is 0 Å². The number of nitrogens with zero attached hydrogens (tertiary/aromatic N) is 2. The molecular weight excluding hydrogens is 377 g/mol. The lowest BCUT2D eigenvalue weighted by Gasteiger charge is -2.37. The number of carbonyl (C=O) groups is 3. The van der Waals surface area contributed by atoms with Crippen LogP contribution < -0.4 is 4.74 Å². The number of ether oxygens (including phenoxy) is 1. The Bertz CT molecular complexity index is 885. The molecule has 1 aliphatic heterocycles. The van der Waals surface area contributed by atoms with Crippen molar-refractivity contribution < 1.29 is 42.1 Å². The van der Waals surface area contributed by atoms with E-state index in [9.17, 15) is 37.7 Å². The van der Waals surface area contributed by atoms with E-state index in [1.807, 2.05) is 0 Å². The fourth-order valence-electron chi connectivity index (χ4n) is 2.65. The van der Waals surface area contributed by atoms with Crippen molar-refractivity contribution in [2.75, 3.05) is 14.2 Å². The van der Waals surface area contributed by atoms with E-state index in [2.05, 4.69) is 4.74 Å². The summed E-state index contributed by atoms with van der Waals surface area (Å²) in [6.45, 7) is 2.39. The van der Waals surface area contributed by atoms with Gasteiger partial charge < -0.3 is 4.74 Å². The number of halogens is 3. The average Bonchev–Trinajstić information content (AvgIpc) is 2.56. The van der Waals surface area contributed by atoms with Gasteiger partial charge in [-0.3, -0.25) is 29.3 Å². The number of rotatable bonds is 4. The van der Waals surface area contributed by atoms with Crippen LogP contribution in [-0.4, -0.2) is 47.2 Å². The molecule has 0 saturated carbocycles. The van der Waals surface area contributed by atoms with Gasteiger partial charge >= 0.3 is 5.69 Å². The van der Waals surface area contributed by atoms with Crippen LogP contribution in [0.1, 0.15) is 24.2 Å². The molecule has 0 aromatic heterocycles. The van der Waals surface area contributed by atoms with Gasteiger partial charge in [-0.15, -0.1) is 0 Å². The zero-order chi connectivity index (χ0) is 20.8. The molecule has 1 aromatic carbocycles. The zero-order valence-corrected chi connectivity index (χ0v) is 14.5. The van der Waals surface area contributed by atoms with Crippen molar-refractivity contribution in [2.45, 2.75) is 19.4 Å². The highest BCUT2D eigenvalue weighted by Gasteiger charge is 2.53. The highest BCUT2D eigenvalue weighted by molar-refractivity contribution is 6.26. The molecule has 0 bridgehead atoms. The highest BCUT2D eigenvalue weighted by Crippen LogP contribution is 2.38. The first kappa shape index (κ1) is 20.3. The Kier molecular flexibility index (Phi) is 4.97. The first-order valence-electron chi connectivity index (χ1n) is 7.30. The van der Waals surface area contributed by atoms with Crippen LogP contribution in [0.2, 0.25) is 0 Å². The molecule has 1 atom stereocenters. The summed E-state index contributed by atoms with van der Waals surface area (Å²) in [6, 6.07) is 0. The van der Waals surface area contributed by atoms with Gasteiger partial charge in [-0.05, 0) is 13.8 Å². The number of nitro benzene ring substituents is 1. The Hall–Kier alpha value is -3.02. The van der Waals surface area contributed by atoms with Crippen molar-refractivity contribution in [1.82, 2.24) is 5.06 Å². The van der Waals surface area contributed by atoms with Crippen LogP contribution in [0.15, 0.2) is 0 Å². The van der Waals surface area contributed by atoms with E-state index in [1.165, 1.54) is 13.8 Å². The van der Waals surface area contributed by atoms with E-state index in [0.717, 1.165) is 14.2 Å². The van der Waals surface area contributed by atoms with Gasteiger partial charge in [-0.1, -0.05) is 0 Å². The summed E-state index contributed by atoms with van der Waals surface area (Å²) >= 11 is 0. The van der Waals surface area contributed by atoms with Crippen molar-refractivity contribution in [2.24, 2.45) is 5.92 Å². The van der Waals surface area contributed by atoms with Crippen molar-refractivity contribution in [3.05, 3.63) is 33.1 Å². The van der Waals surface area contributed by atoms with Gasteiger partial charge in [0.15, 0.2) is 23.3 Å². The molecule has 1 aliphatic rings. The minimum atomic E-state index is -2.28. The summed E-state index contributed by atoms with van der Waals surface area (Å²) in [6.07, 6.45) is 0. The molecule has 1 unspecified atom stereocenters. The smallest absolute Gasteiger partial charge is 0.322 e. The second-order valence-corrected chi connectivity index (χ2v) is 6.05. The minimum absolute atomic E-state index is 0.518. The number of Topliss-reactive ketones (excluding diaryl/α,β-unsaturated/α-hetero) is 2. The molecule has 1 amide bonds. The Morgan fingerprint density at radius 2 is 1.78 bits per heavy atom. The van der Waals surface area contributed by atoms with Gasteiger partial charge in [0.1, 0.15) is 11.2 Å². The van der Waals surface area contributed by atoms with Crippen LogP contribution in [0, 0.1) is 33.5 Å². The molecule has 1 fully saturated rings. The van der Waals surface area contributed by atoms with E-state index in [1.54, 1.807) is 0 Å². The predicted octanol–water partition coefficient (Wildman–Crippen LogP) is 1.57. The Labute approximate surface area is 149 Å². The van der Waals surface area contributed by atoms with Crippen molar-refractivity contribution in [3.8, 4) is 5.75 Å². The fraction of sp³-hybridized carbons (Fsp3) is 0.400. The normalized spacial score (nSPS) is 19.2. The molecule has 1 heterocycles. The Morgan fingerprint density at radius 3 is 2.26 bits per heavy atom. The van der Waals surface area contributed by atoms with E-state index in [4.69, 9.17) is 4.84 Å². The Balaban J connectivity index is 2.77. The Morgan fingerprint density at radius 1 is 1.22 bits per heavy atom. The van der Waals surface area contributed by atoms with Gasteiger partial charge in [-0.25, -0.2) is 9.45 Å². The van der Waals surface area contributed by atoms with Gasteiger partial charge in [0, 0.05) is 7.05 Å². The fourth-order valence-corrected chi connectivity index (χ4v) is 2.65.